The highest BCUT2D eigenvalue weighted by Crippen LogP contribution is 2.38. The van der Waals surface area contributed by atoms with Gasteiger partial charge in [0.1, 0.15) is 6.04 Å². The Morgan fingerprint density at radius 1 is 1.00 bits per heavy atom. The van der Waals surface area contributed by atoms with Gasteiger partial charge in [0.2, 0.25) is 17.6 Å². The first-order valence-electron chi connectivity index (χ1n) is 8.86. The molecule has 0 radical (unpaired) electrons. The molecule has 1 aromatic rings. The molecule has 0 saturated carbocycles. The first-order valence-corrected chi connectivity index (χ1v) is 8.86. The molecule has 156 valence electrons. The Kier molecular flexibility index (Phi) is 9.07. The Morgan fingerprint density at radius 3 is 2.00 bits per heavy atom. The summed E-state index contributed by atoms with van der Waals surface area (Å²) in [4.78, 5) is 36.5. The molecule has 28 heavy (non-hydrogen) atoms. The van der Waals surface area contributed by atoms with Crippen molar-refractivity contribution in [1.82, 2.24) is 16.0 Å². The molecule has 0 spiro atoms. The molecule has 0 aliphatic rings. The van der Waals surface area contributed by atoms with Gasteiger partial charge in [-0.25, -0.2) is 0 Å². The molecule has 0 fully saturated rings. The van der Waals surface area contributed by atoms with Gasteiger partial charge in [-0.15, -0.1) is 0 Å². The lowest BCUT2D eigenvalue weighted by atomic mass is 10.0. The Morgan fingerprint density at radius 2 is 1.57 bits per heavy atom. The maximum Gasteiger partial charge on any atom is 0.251 e. The van der Waals surface area contributed by atoms with E-state index < -0.39 is 17.9 Å². The summed E-state index contributed by atoms with van der Waals surface area (Å²) in [5.74, 6) is 0.00162. The van der Waals surface area contributed by atoms with Gasteiger partial charge in [0, 0.05) is 12.6 Å². The van der Waals surface area contributed by atoms with Crippen molar-refractivity contribution in [2.75, 3.05) is 34.9 Å². The van der Waals surface area contributed by atoms with Crippen LogP contribution in [-0.4, -0.2) is 58.7 Å². The first kappa shape index (κ1) is 23.1. The van der Waals surface area contributed by atoms with Gasteiger partial charge in [-0.3, -0.25) is 14.4 Å². The van der Waals surface area contributed by atoms with Crippen molar-refractivity contribution in [2.45, 2.75) is 26.3 Å². The molecule has 0 saturated heterocycles. The van der Waals surface area contributed by atoms with Crippen LogP contribution in [0.25, 0.3) is 0 Å². The molecule has 1 rings (SSSR count). The highest BCUT2D eigenvalue weighted by molar-refractivity contribution is 5.98. The lowest BCUT2D eigenvalue weighted by Crippen LogP contribution is -2.49. The summed E-state index contributed by atoms with van der Waals surface area (Å²) in [6.07, 6.45) is 0.492. The zero-order chi connectivity index (χ0) is 21.3. The summed E-state index contributed by atoms with van der Waals surface area (Å²) in [5.41, 5.74) is 0.243. The highest BCUT2D eigenvalue weighted by Gasteiger charge is 2.22. The molecule has 3 amide bonds. The maximum atomic E-state index is 12.4. The predicted octanol–water partition coefficient (Wildman–Crippen LogP) is 0.719. The summed E-state index contributed by atoms with van der Waals surface area (Å²) in [7, 11) is 5.86. The van der Waals surface area contributed by atoms with Crippen molar-refractivity contribution < 1.29 is 28.6 Å². The van der Waals surface area contributed by atoms with Gasteiger partial charge in [0.05, 0.1) is 27.9 Å². The number of amides is 3. The molecule has 9 heteroatoms. The number of rotatable bonds is 10. The minimum atomic E-state index is -0.657. The fourth-order valence-electron chi connectivity index (χ4n) is 2.60. The molecule has 3 N–H and O–H groups in total. The third-order valence-corrected chi connectivity index (χ3v) is 3.94. The van der Waals surface area contributed by atoms with Crippen LogP contribution in [0.1, 0.15) is 30.6 Å². The lowest BCUT2D eigenvalue weighted by molar-refractivity contribution is -0.128. The minimum absolute atomic E-state index is 0.219. The van der Waals surface area contributed by atoms with E-state index in [1.54, 1.807) is 0 Å². The van der Waals surface area contributed by atoms with E-state index in [-0.39, 0.29) is 23.9 Å². The van der Waals surface area contributed by atoms with Gasteiger partial charge in [-0.05, 0) is 24.5 Å². The van der Waals surface area contributed by atoms with Crippen LogP contribution in [-0.2, 0) is 9.59 Å². The molecule has 1 atom stereocenters. The van der Waals surface area contributed by atoms with E-state index >= 15 is 0 Å². The third-order valence-electron chi connectivity index (χ3n) is 3.94. The van der Waals surface area contributed by atoms with Gasteiger partial charge in [-0.2, -0.15) is 0 Å². The van der Waals surface area contributed by atoms with Gasteiger partial charge in [0.15, 0.2) is 11.5 Å². The lowest BCUT2D eigenvalue weighted by Gasteiger charge is -2.19. The van der Waals surface area contributed by atoms with Crippen molar-refractivity contribution >= 4 is 17.7 Å². The molecule has 1 unspecified atom stereocenters. The van der Waals surface area contributed by atoms with E-state index in [1.807, 2.05) is 13.8 Å². The second kappa shape index (κ2) is 11.0. The van der Waals surface area contributed by atoms with Gasteiger partial charge >= 0.3 is 0 Å². The number of carbonyl (C=O) groups is 3. The average Bonchev–Trinajstić information content (AvgIpc) is 2.69. The summed E-state index contributed by atoms with van der Waals surface area (Å²) in [6.45, 7) is 3.63. The molecule has 0 aromatic heterocycles. The third kappa shape index (κ3) is 6.33. The smallest absolute Gasteiger partial charge is 0.251 e. The summed E-state index contributed by atoms with van der Waals surface area (Å²) in [6, 6.07) is 2.32. The van der Waals surface area contributed by atoms with E-state index in [0.29, 0.717) is 23.7 Å². The topological polar surface area (TPSA) is 115 Å². The normalized spacial score (nSPS) is 11.4. The predicted molar refractivity (Wildman–Crippen MR) is 104 cm³/mol. The van der Waals surface area contributed by atoms with Crippen molar-refractivity contribution in [3.8, 4) is 17.2 Å². The van der Waals surface area contributed by atoms with Gasteiger partial charge in [-0.1, -0.05) is 13.8 Å². The fraction of sp³-hybridized carbons (Fsp3) is 0.526. The zero-order valence-corrected chi connectivity index (χ0v) is 17.2. The second-order valence-electron chi connectivity index (χ2n) is 6.46. The van der Waals surface area contributed by atoms with Crippen LogP contribution in [0.15, 0.2) is 12.1 Å². The number of methoxy groups -OCH3 is 3. The van der Waals surface area contributed by atoms with Crippen molar-refractivity contribution in [2.24, 2.45) is 5.92 Å². The Balaban J connectivity index is 2.80. The van der Waals surface area contributed by atoms with Crippen LogP contribution in [0.3, 0.4) is 0 Å². The Hall–Kier alpha value is -2.97. The summed E-state index contributed by atoms with van der Waals surface area (Å²) >= 11 is 0. The van der Waals surface area contributed by atoms with Crippen LogP contribution < -0.4 is 30.2 Å². The number of benzene rings is 1. The van der Waals surface area contributed by atoms with Crippen LogP contribution in [0.4, 0.5) is 0 Å². The molecule has 0 aliphatic heterocycles. The molecule has 0 heterocycles. The van der Waals surface area contributed by atoms with E-state index in [1.165, 1.54) is 40.5 Å². The van der Waals surface area contributed by atoms with Crippen LogP contribution >= 0.6 is 0 Å². The number of hydrogen-bond acceptors (Lipinski definition) is 6. The molecular formula is C19H29N3O6. The van der Waals surface area contributed by atoms with Crippen molar-refractivity contribution in [3.63, 3.8) is 0 Å². The number of ether oxygens (including phenoxy) is 3. The fourth-order valence-corrected chi connectivity index (χ4v) is 2.60. The quantitative estimate of drug-likeness (QED) is 0.538. The molecule has 0 aliphatic carbocycles. The van der Waals surface area contributed by atoms with Crippen molar-refractivity contribution in [1.29, 1.82) is 0 Å². The van der Waals surface area contributed by atoms with E-state index in [2.05, 4.69) is 16.0 Å². The Bertz CT molecular complexity index is 680. The molecule has 1 aromatic carbocycles. The number of hydrogen-bond donors (Lipinski definition) is 3. The number of likely N-dealkylation sites (N-methyl/N-ethyl adjacent to an activating group) is 1. The van der Waals surface area contributed by atoms with E-state index in [4.69, 9.17) is 14.2 Å². The molecule has 9 nitrogen and oxygen atoms in total. The number of nitrogens with one attached hydrogen (secondary N) is 3. The summed E-state index contributed by atoms with van der Waals surface area (Å²) < 4.78 is 15.6. The van der Waals surface area contributed by atoms with Crippen LogP contribution in [0, 0.1) is 5.92 Å². The first-order chi connectivity index (χ1) is 13.3. The van der Waals surface area contributed by atoms with Crippen LogP contribution in [0.2, 0.25) is 0 Å². The van der Waals surface area contributed by atoms with Crippen LogP contribution in [0.5, 0.6) is 17.2 Å². The molecule has 0 bridgehead atoms. The monoisotopic (exact) mass is 395 g/mol. The van der Waals surface area contributed by atoms with E-state index in [0.717, 1.165) is 0 Å². The maximum absolute atomic E-state index is 12.4. The van der Waals surface area contributed by atoms with E-state index in [9.17, 15) is 14.4 Å². The molecular weight excluding hydrogens is 366 g/mol. The highest BCUT2D eigenvalue weighted by atomic mass is 16.5. The summed E-state index contributed by atoms with van der Waals surface area (Å²) in [5, 5.41) is 7.68. The number of carbonyl (C=O) groups excluding carboxylic acids is 3. The largest absolute Gasteiger partial charge is 0.493 e. The zero-order valence-electron chi connectivity index (χ0n) is 17.2. The second-order valence-corrected chi connectivity index (χ2v) is 6.46. The van der Waals surface area contributed by atoms with Gasteiger partial charge < -0.3 is 30.2 Å². The van der Waals surface area contributed by atoms with Gasteiger partial charge in [0.25, 0.3) is 5.91 Å². The minimum Gasteiger partial charge on any atom is -0.493 e. The van der Waals surface area contributed by atoms with Crippen molar-refractivity contribution in [3.05, 3.63) is 17.7 Å². The average molecular weight is 395 g/mol. The SMILES string of the molecule is CNC(=O)C(CC(C)C)NC(=O)CNC(=O)c1cc(OC)c(OC)c(OC)c1. The standard InChI is InChI=1S/C19H29N3O6/c1-11(2)7-13(19(25)20-3)22-16(23)10-21-18(24)12-8-14(26-4)17(28-6)15(9-12)27-5/h8-9,11,13H,7,10H2,1-6H3,(H,20,25)(H,21,24)(H,22,23). The Labute approximate surface area is 165 Å².